The minimum absolute atomic E-state index is 0.0466. The fourth-order valence-corrected chi connectivity index (χ4v) is 7.16. The van der Waals surface area contributed by atoms with Gasteiger partial charge >= 0.3 is 0 Å². The van der Waals surface area contributed by atoms with Crippen LogP contribution in [0.5, 0.6) is 5.75 Å². The van der Waals surface area contributed by atoms with Crippen LogP contribution in [0.3, 0.4) is 0 Å². The topological polar surface area (TPSA) is 46.6 Å². The first-order valence-electron chi connectivity index (χ1n) is 10.8. The Kier molecular flexibility index (Phi) is 5.11. The fraction of sp³-hybridized carbons (Fsp3) is 0.308. The lowest BCUT2D eigenvalue weighted by Crippen LogP contribution is -2.48. The lowest BCUT2D eigenvalue weighted by atomic mass is 9.65. The van der Waals surface area contributed by atoms with E-state index in [-0.39, 0.29) is 11.5 Å². The van der Waals surface area contributed by atoms with Crippen molar-refractivity contribution >= 4 is 10.0 Å². The molecule has 4 nitrogen and oxygen atoms in total. The van der Waals surface area contributed by atoms with E-state index in [1.165, 1.54) is 16.7 Å². The molecule has 3 aromatic carbocycles. The largest absolute Gasteiger partial charge is 0.497 e. The van der Waals surface area contributed by atoms with E-state index in [2.05, 4.69) is 48.5 Å². The molecule has 5 rings (SSSR count). The van der Waals surface area contributed by atoms with Gasteiger partial charge in [0, 0.05) is 12.6 Å². The molecule has 3 aromatic rings. The summed E-state index contributed by atoms with van der Waals surface area (Å²) in [5.74, 6) is 0.658. The quantitative estimate of drug-likeness (QED) is 0.596. The van der Waals surface area contributed by atoms with Gasteiger partial charge in [0.1, 0.15) is 5.75 Å². The standard InChI is InChI=1S/C26H27NO3S/c1-30-23-11-13-24(14-12-23)31(28,29)27-16-15-26(18-20-7-3-2-4-8-20)19-22-10-6-5-9-21(22)17-25(26)27/h2-14,25H,15-19H2,1H3/t25-,26-/m1/s1. The summed E-state index contributed by atoms with van der Waals surface area (Å²) in [4.78, 5) is 0.336. The molecule has 0 amide bonds. The maximum absolute atomic E-state index is 13.7. The van der Waals surface area contributed by atoms with Crippen LogP contribution in [0, 0.1) is 5.41 Å². The van der Waals surface area contributed by atoms with Crippen molar-refractivity contribution < 1.29 is 13.2 Å². The van der Waals surface area contributed by atoms with Gasteiger partial charge in [0.05, 0.1) is 12.0 Å². The second-order valence-corrected chi connectivity index (χ2v) is 10.6. The number of hydrogen-bond donors (Lipinski definition) is 0. The van der Waals surface area contributed by atoms with Crippen LogP contribution >= 0.6 is 0 Å². The van der Waals surface area contributed by atoms with E-state index in [1.807, 2.05) is 6.07 Å². The molecule has 2 aliphatic rings. The van der Waals surface area contributed by atoms with Crippen molar-refractivity contribution in [2.24, 2.45) is 5.41 Å². The summed E-state index contributed by atoms with van der Waals surface area (Å²) in [6.07, 6.45) is 3.44. The lowest BCUT2D eigenvalue weighted by Gasteiger charge is -2.42. The van der Waals surface area contributed by atoms with Crippen LogP contribution in [0.4, 0.5) is 0 Å². The highest BCUT2D eigenvalue weighted by atomic mass is 32.2. The van der Waals surface area contributed by atoms with Gasteiger partial charge in [0.25, 0.3) is 0 Å². The number of rotatable bonds is 5. The molecule has 0 unspecified atom stereocenters. The molecule has 0 saturated carbocycles. The van der Waals surface area contributed by atoms with Crippen molar-refractivity contribution in [3.63, 3.8) is 0 Å². The first-order valence-corrected chi connectivity index (χ1v) is 12.2. The predicted octanol–water partition coefficient (Wildman–Crippen LogP) is 4.49. The van der Waals surface area contributed by atoms with Gasteiger partial charge in [-0.25, -0.2) is 8.42 Å². The fourth-order valence-electron chi connectivity index (χ4n) is 5.44. The zero-order chi connectivity index (χ0) is 21.5. The van der Waals surface area contributed by atoms with Crippen molar-refractivity contribution in [2.45, 2.75) is 36.6 Å². The van der Waals surface area contributed by atoms with Crippen LogP contribution in [-0.2, 0) is 29.3 Å². The minimum atomic E-state index is -3.59. The molecule has 1 aliphatic carbocycles. The lowest BCUT2D eigenvalue weighted by molar-refractivity contribution is 0.188. The third-order valence-electron chi connectivity index (χ3n) is 7.02. The van der Waals surface area contributed by atoms with Crippen LogP contribution in [0.15, 0.2) is 83.8 Å². The third kappa shape index (κ3) is 3.56. The molecule has 160 valence electrons. The molecule has 0 aromatic heterocycles. The van der Waals surface area contributed by atoms with Crippen LogP contribution in [0.1, 0.15) is 23.1 Å². The Balaban J connectivity index is 1.55. The number of sulfonamides is 1. The zero-order valence-corrected chi connectivity index (χ0v) is 18.5. The molecule has 0 bridgehead atoms. The number of methoxy groups -OCH3 is 1. The summed E-state index contributed by atoms with van der Waals surface area (Å²) in [6.45, 7) is 0.555. The normalized spacial score (nSPS) is 23.2. The smallest absolute Gasteiger partial charge is 0.243 e. The zero-order valence-electron chi connectivity index (χ0n) is 17.7. The Morgan fingerprint density at radius 3 is 2.32 bits per heavy atom. The molecule has 1 heterocycles. The first kappa shape index (κ1) is 20.3. The number of fused-ring (bicyclic) bond motifs is 2. The molecule has 1 fully saturated rings. The van der Waals surface area contributed by atoms with Gasteiger partial charge in [-0.1, -0.05) is 54.6 Å². The molecule has 0 radical (unpaired) electrons. The van der Waals surface area contributed by atoms with E-state index in [1.54, 1.807) is 35.7 Å². The van der Waals surface area contributed by atoms with Gasteiger partial charge < -0.3 is 4.74 Å². The van der Waals surface area contributed by atoms with Crippen molar-refractivity contribution in [3.05, 3.63) is 95.6 Å². The summed E-state index contributed by atoms with van der Waals surface area (Å²) in [6, 6.07) is 25.7. The number of nitrogens with zero attached hydrogens (tertiary/aromatic N) is 1. The number of ether oxygens (including phenoxy) is 1. The maximum atomic E-state index is 13.7. The van der Waals surface area contributed by atoms with E-state index in [0.717, 1.165) is 25.7 Å². The number of hydrogen-bond acceptors (Lipinski definition) is 3. The van der Waals surface area contributed by atoms with Gasteiger partial charge in [0.2, 0.25) is 10.0 Å². The van der Waals surface area contributed by atoms with E-state index in [4.69, 9.17) is 4.74 Å². The van der Waals surface area contributed by atoms with Gasteiger partial charge in [-0.2, -0.15) is 4.31 Å². The first-order chi connectivity index (χ1) is 15.0. The van der Waals surface area contributed by atoms with Crippen LogP contribution in [-0.4, -0.2) is 32.4 Å². The highest BCUT2D eigenvalue weighted by Crippen LogP contribution is 2.49. The van der Waals surface area contributed by atoms with Crippen LogP contribution < -0.4 is 4.74 Å². The van der Waals surface area contributed by atoms with E-state index in [0.29, 0.717) is 17.2 Å². The van der Waals surface area contributed by atoms with Crippen molar-refractivity contribution in [1.82, 2.24) is 4.31 Å². The molecule has 2 atom stereocenters. The molecular weight excluding hydrogens is 406 g/mol. The van der Waals surface area contributed by atoms with Crippen molar-refractivity contribution in [2.75, 3.05) is 13.7 Å². The van der Waals surface area contributed by atoms with E-state index in [9.17, 15) is 8.42 Å². The van der Waals surface area contributed by atoms with Gasteiger partial charge in [-0.15, -0.1) is 0 Å². The molecular formula is C26H27NO3S. The monoisotopic (exact) mass is 433 g/mol. The van der Waals surface area contributed by atoms with Gasteiger partial charge in [-0.3, -0.25) is 0 Å². The molecule has 31 heavy (non-hydrogen) atoms. The minimum Gasteiger partial charge on any atom is -0.497 e. The Hall–Kier alpha value is -2.63. The SMILES string of the molecule is COc1ccc(S(=O)(=O)N2CC[C@@]3(Cc4ccccc4)Cc4ccccc4C[C@@H]23)cc1. The molecule has 0 spiro atoms. The van der Waals surface area contributed by atoms with Crippen molar-refractivity contribution in [1.29, 1.82) is 0 Å². The molecule has 5 heteroatoms. The molecule has 0 N–H and O–H groups in total. The Labute approximate surface area is 184 Å². The van der Waals surface area contributed by atoms with Crippen molar-refractivity contribution in [3.8, 4) is 5.75 Å². The van der Waals surface area contributed by atoms with Gasteiger partial charge in [0.15, 0.2) is 0 Å². The summed E-state index contributed by atoms with van der Waals surface area (Å²) < 4.78 is 34.3. The Morgan fingerprint density at radius 2 is 1.61 bits per heavy atom. The van der Waals surface area contributed by atoms with Gasteiger partial charge in [-0.05, 0) is 72.1 Å². The Bertz CT molecular complexity index is 1170. The summed E-state index contributed by atoms with van der Waals surface area (Å²) in [5.41, 5.74) is 3.82. The van der Waals surface area contributed by atoms with E-state index >= 15 is 0 Å². The highest BCUT2D eigenvalue weighted by molar-refractivity contribution is 7.89. The second kappa shape index (κ2) is 7.81. The summed E-state index contributed by atoms with van der Waals surface area (Å²) in [7, 11) is -2.00. The van der Waals surface area contributed by atoms with Crippen LogP contribution in [0.25, 0.3) is 0 Å². The highest BCUT2D eigenvalue weighted by Gasteiger charge is 2.53. The summed E-state index contributed by atoms with van der Waals surface area (Å²) in [5, 5.41) is 0. The third-order valence-corrected chi connectivity index (χ3v) is 8.95. The predicted molar refractivity (Wildman–Crippen MR) is 122 cm³/mol. The van der Waals surface area contributed by atoms with E-state index < -0.39 is 10.0 Å². The average molecular weight is 434 g/mol. The van der Waals surface area contributed by atoms with Crippen LogP contribution in [0.2, 0.25) is 0 Å². The Morgan fingerprint density at radius 1 is 0.935 bits per heavy atom. The second-order valence-electron chi connectivity index (χ2n) is 8.73. The molecule has 1 aliphatic heterocycles. The maximum Gasteiger partial charge on any atom is 0.243 e. The summed E-state index contributed by atoms with van der Waals surface area (Å²) >= 11 is 0. The average Bonchev–Trinajstić information content (AvgIpc) is 3.16. The molecule has 1 saturated heterocycles. The number of benzene rings is 3.